The van der Waals surface area contributed by atoms with Crippen molar-refractivity contribution in [3.05, 3.63) is 64.7 Å². The molecular weight excluding hydrogens is 424 g/mol. The Kier molecular flexibility index (Phi) is 8.57. The summed E-state index contributed by atoms with van der Waals surface area (Å²) in [5, 5.41) is 3.67. The molecular formula is C26H33ClN2O3. The molecule has 1 fully saturated rings. The highest BCUT2D eigenvalue weighted by atomic mass is 35.5. The molecule has 1 saturated carbocycles. The van der Waals surface area contributed by atoms with Crippen LogP contribution in [0.3, 0.4) is 0 Å². The number of para-hydroxylation sites is 1. The standard InChI is InChI=1S/C26H33ClN2O3/c1-18(2)22-13-7-9-15-24(22)32-17-25(30)29(16-20-10-4-8-14-23(20)27)19(3)26(31)28-21-11-5-6-12-21/h4,7-10,13-15,18-19,21H,5-6,11-12,16-17H2,1-3H3,(H,28,31)/t19-/m0/s1. The lowest BCUT2D eigenvalue weighted by Gasteiger charge is -2.30. The number of amides is 2. The Morgan fingerprint density at radius 2 is 1.72 bits per heavy atom. The molecule has 2 amide bonds. The van der Waals surface area contributed by atoms with Crippen LogP contribution < -0.4 is 10.1 Å². The number of carbonyl (C=O) groups is 2. The van der Waals surface area contributed by atoms with Gasteiger partial charge in [0.05, 0.1) is 0 Å². The lowest BCUT2D eigenvalue weighted by atomic mass is 10.0. The number of nitrogens with zero attached hydrogens (tertiary/aromatic N) is 1. The van der Waals surface area contributed by atoms with Gasteiger partial charge in [-0.2, -0.15) is 0 Å². The molecule has 172 valence electrons. The largest absolute Gasteiger partial charge is 0.483 e. The van der Waals surface area contributed by atoms with Crippen molar-refractivity contribution in [3.8, 4) is 5.75 Å². The lowest BCUT2D eigenvalue weighted by Crippen LogP contribution is -2.50. The smallest absolute Gasteiger partial charge is 0.261 e. The minimum absolute atomic E-state index is 0.139. The number of ether oxygens (including phenoxy) is 1. The average Bonchev–Trinajstić information content (AvgIpc) is 3.29. The number of halogens is 1. The molecule has 0 aliphatic heterocycles. The van der Waals surface area contributed by atoms with Crippen molar-refractivity contribution in [1.82, 2.24) is 10.2 Å². The van der Waals surface area contributed by atoms with Gasteiger partial charge in [0, 0.05) is 17.6 Å². The summed E-state index contributed by atoms with van der Waals surface area (Å²) < 4.78 is 5.92. The first kappa shape index (κ1) is 24.1. The second kappa shape index (κ2) is 11.4. The zero-order valence-electron chi connectivity index (χ0n) is 19.1. The molecule has 6 heteroatoms. The van der Waals surface area contributed by atoms with E-state index < -0.39 is 6.04 Å². The highest BCUT2D eigenvalue weighted by Crippen LogP contribution is 2.26. The molecule has 0 unspecified atom stereocenters. The minimum Gasteiger partial charge on any atom is -0.483 e. The maximum absolute atomic E-state index is 13.3. The Bertz CT molecular complexity index is 925. The average molecular weight is 457 g/mol. The molecule has 0 heterocycles. The van der Waals surface area contributed by atoms with Crippen LogP contribution in [0.5, 0.6) is 5.75 Å². The van der Waals surface area contributed by atoms with Crippen LogP contribution in [-0.2, 0) is 16.1 Å². The summed E-state index contributed by atoms with van der Waals surface area (Å²) in [6.07, 6.45) is 4.24. The highest BCUT2D eigenvalue weighted by Gasteiger charge is 2.29. The fourth-order valence-electron chi connectivity index (χ4n) is 4.10. The van der Waals surface area contributed by atoms with Gasteiger partial charge in [-0.05, 0) is 48.9 Å². The number of hydrogen-bond donors (Lipinski definition) is 1. The van der Waals surface area contributed by atoms with Crippen molar-refractivity contribution in [1.29, 1.82) is 0 Å². The van der Waals surface area contributed by atoms with Gasteiger partial charge in [-0.15, -0.1) is 0 Å². The number of hydrogen-bond acceptors (Lipinski definition) is 3. The van der Waals surface area contributed by atoms with Crippen molar-refractivity contribution in [2.24, 2.45) is 0 Å². The van der Waals surface area contributed by atoms with E-state index in [9.17, 15) is 9.59 Å². The molecule has 3 rings (SSSR count). The maximum Gasteiger partial charge on any atom is 0.261 e. The van der Waals surface area contributed by atoms with E-state index in [4.69, 9.17) is 16.3 Å². The van der Waals surface area contributed by atoms with Crippen molar-refractivity contribution in [2.75, 3.05) is 6.61 Å². The molecule has 0 aromatic heterocycles. The number of rotatable bonds is 9. The second-order valence-corrected chi connectivity index (χ2v) is 9.17. The van der Waals surface area contributed by atoms with Crippen LogP contribution in [0.2, 0.25) is 5.02 Å². The highest BCUT2D eigenvalue weighted by molar-refractivity contribution is 6.31. The van der Waals surface area contributed by atoms with Gasteiger partial charge in [0.2, 0.25) is 5.91 Å². The van der Waals surface area contributed by atoms with Crippen LogP contribution >= 0.6 is 11.6 Å². The Hall–Kier alpha value is -2.53. The zero-order valence-corrected chi connectivity index (χ0v) is 19.9. The van der Waals surface area contributed by atoms with Gasteiger partial charge >= 0.3 is 0 Å². The predicted octanol–water partition coefficient (Wildman–Crippen LogP) is 5.32. The Labute approximate surface area is 196 Å². The Balaban J connectivity index is 1.75. The third-order valence-corrected chi connectivity index (χ3v) is 6.43. The first-order chi connectivity index (χ1) is 15.4. The van der Waals surface area contributed by atoms with Gasteiger partial charge in [-0.1, -0.05) is 74.7 Å². The van der Waals surface area contributed by atoms with Crippen molar-refractivity contribution in [2.45, 2.75) is 71.0 Å². The number of benzene rings is 2. The number of carbonyl (C=O) groups excluding carboxylic acids is 2. The fourth-order valence-corrected chi connectivity index (χ4v) is 4.29. The first-order valence-corrected chi connectivity index (χ1v) is 11.8. The van der Waals surface area contributed by atoms with Gasteiger partial charge in [0.1, 0.15) is 11.8 Å². The zero-order chi connectivity index (χ0) is 23.1. The van der Waals surface area contributed by atoms with E-state index in [1.165, 1.54) is 0 Å². The van der Waals surface area contributed by atoms with E-state index in [-0.39, 0.29) is 36.9 Å². The summed E-state index contributed by atoms with van der Waals surface area (Å²) in [6, 6.07) is 14.7. The van der Waals surface area contributed by atoms with Crippen LogP contribution in [0, 0.1) is 0 Å². The summed E-state index contributed by atoms with van der Waals surface area (Å²) in [6.45, 7) is 6.04. The van der Waals surface area contributed by atoms with E-state index in [0.717, 1.165) is 36.8 Å². The predicted molar refractivity (Wildman–Crippen MR) is 128 cm³/mol. The Morgan fingerprint density at radius 1 is 1.06 bits per heavy atom. The molecule has 0 saturated heterocycles. The van der Waals surface area contributed by atoms with E-state index in [1.54, 1.807) is 17.9 Å². The van der Waals surface area contributed by atoms with E-state index in [0.29, 0.717) is 10.8 Å². The molecule has 2 aromatic rings. The molecule has 1 aliphatic rings. The topological polar surface area (TPSA) is 58.6 Å². The van der Waals surface area contributed by atoms with Gasteiger partial charge < -0.3 is 15.0 Å². The molecule has 1 atom stereocenters. The summed E-state index contributed by atoms with van der Waals surface area (Å²) in [4.78, 5) is 27.8. The molecule has 0 spiro atoms. The Morgan fingerprint density at radius 3 is 2.41 bits per heavy atom. The van der Waals surface area contributed by atoms with Crippen molar-refractivity contribution < 1.29 is 14.3 Å². The molecule has 0 radical (unpaired) electrons. The normalized spacial score (nSPS) is 14.9. The maximum atomic E-state index is 13.3. The first-order valence-electron chi connectivity index (χ1n) is 11.4. The summed E-state index contributed by atoms with van der Waals surface area (Å²) in [7, 11) is 0. The summed E-state index contributed by atoms with van der Waals surface area (Å²) >= 11 is 6.35. The third kappa shape index (κ3) is 6.26. The van der Waals surface area contributed by atoms with Gasteiger partial charge in [-0.3, -0.25) is 9.59 Å². The molecule has 0 bridgehead atoms. The van der Waals surface area contributed by atoms with Gasteiger partial charge in [-0.25, -0.2) is 0 Å². The van der Waals surface area contributed by atoms with E-state index >= 15 is 0 Å². The SMILES string of the molecule is CC(C)c1ccccc1OCC(=O)N(Cc1ccccc1Cl)[C@@H](C)C(=O)NC1CCCC1. The second-order valence-electron chi connectivity index (χ2n) is 8.76. The molecule has 1 aliphatic carbocycles. The van der Waals surface area contributed by atoms with Crippen molar-refractivity contribution in [3.63, 3.8) is 0 Å². The molecule has 2 aromatic carbocycles. The number of nitrogens with one attached hydrogen (secondary N) is 1. The van der Waals surface area contributed by atoms with Crippen LogP contribution in [0.4, 0.5) is 0 Å². The summed E-state index contributed by atoms with van der Waals surface area (Å²) in [5.74, 6) is 0.575. The van der Waals surface area contributed by atoms with E-state index in [2.05, 4.69) is 19.2 Å². The van der Waals surface area contributed by atoms with Crippen molar-refractivity contribution >= 4 is 23.4 Å². The minimum atomic E-state index is -0.636. The van der Waals surface area contributed by atoms with E-state index in [1.807, 2.05) is 42.5 Å². The van der Waals surface area contributed by atoms with Crippen LogP contribution in [0.25, 0.3) is 0 Å². The quantitative estimate of drug-likeness (QED) is 0.555. The van der Waals surface area contributed by atoms with Crippen LogP contribution in [0.15, 0.2) is 48.5 Å². The molecule has 5 nitrogen and oxygen atoms in total. The molecule has 1 N–H and O–H groups in total. The van der Waals surface area contributed by atoms with Crippen LogP contribution in [0.1, 0.15) is 63.5 Å². The fraction of sp³-hybridized carbons (Fsp3) is 0.462. The van der Waals surface area contributed by atoms with Gasteiger partial charge in [0.25, 0.3) is 5.91 Å². The van der Waals surface area contributed by atoms with Gasteiger partial charge in [0.15, 0.2) is 6.61 Å². The summed E-state index contributed by atoms with van der Waals surface area (Å²) in [5.41, 5.74) is 1.84. The monoisotopic (exact) mass is 456 g/mol. The molecule has 32 heavy (non-hydrogen) atoms. The van der Waals surface area contributed by atoms with Crippen LogP contribution in [-0.4, -0.2) is 35.4 Å². The lowest BCUT2D eigenvalue weighted by molar-refractivity contribution is -0.142. The third-order valence-electron chi connectivity index (χ3n) is 6.06.